The van der Waals surface area contributed by atoms with Crippen molar-refractivity contribution in [1.29, 1.82) is 0 Å². The minimum atomic E-state index is -1.00. The first kappa shape index (κ1) is 23.7. The van der Waals surface area contributed by atoms with E-state index in [9.17, 15) is 18.8 Å². The van der Waals surface area contributed by atoms with Gasteiger partial charge in [-0.1, -0.05) is 18.2 Å². The number of amides is 3. The van der Waals surface area contributed by atoms with E-state index in [1.54, 1.807) is 42.5 Å². The van der Waals surface area contributed by atoms with E-state index in [0.29, 0.717) is 39.4 Å². The normalized spacial score (nSPS) is 11.7. The summed E-state index contributed by atoms with van der Waals surface area (Å²) < 4.78 is 30.4. The Morgan fingerprint density at radius 2 is 1.76 bits per heavy atom. The van der Waals surface area contributed by atoms with Crippen LogP contribution >= 0.6 is 0 Å². The second kappa shape index (κ2) is 9.90. The highest BCUT2D eigenvalue weighted by molar-refractivity contribution is 6.38. The summed E-state index contributed by atoms with van der Waals surface area (Å²) in [4.78, 5) is 38.5. The zero-order valence-electron chi connectivity index (χ0n) is 19.5. The number of carbonyl (C=O) groups excluding carboxylic acids is 3. The number of ether oxygens (including phenoxy) is 3. The number of carbonyl (C=O) groups is 3. The maximum atomic E-state index is 13.3. The molecule has 0 fully saturated rings. The Morgan fingerprint density at radius 3 is 2.54 bits per heavy atom. The van der Waals surface area contributed by atoms with Crippen molar-refractivity contribution in [3.63, 3.8) is 0 Å². The van der Waals surface area contributed by atoms with Crippen molar-refractivity contribution in [3.8, 4) is 17.2 Å². The van der Waals surface area contributed by atoms with Crippen molar-refractivity contribution in [3.05, 3.63) is 83.8 Å². The third kappa shape index (κ3) is 4.87. The van der Waals surface area contributed by atoms with Crippen molar-refractivity contribution in [2.24, 2.45) is 0 Å². The summed E-state index contributed by atoms with van der Waals surface area (Å²) in [5.41, 5.74) is 3.95. The van der Waals surface area contributed by atoms with Gasteiger partial charge >= 0.3 is 11.8 Å². The Kier molecular flexibility index (Phi) is 6.33. The Balaban J connectivity index is 1.37. The molecule has 0 aliphatic carbocycles. The predicted octanol–water partition coefficient (Wildman–Crippen LogP) is 3.16. The van der Waals surface area contributed by atoms with E-state index in [1.807, 2.05) is 0 Å². The molecular formula is C26H21FN4O6. The number of rotatable bonds is 6. The molecule has 1 aromatic heterocycles. The molecule has 0 spiro atoms. The van der Waals surface area contributed by atoms with Crippen LogP contribution in [-0.2, 0) is 16.1 Å². The van der Waals surface area contributed by atoms with Gasteiger partial charge in [-0.05, 0) is 54.1 Å². The maximum absolute atomic E-state index is 13.3. The van der Waals surface area contributed by atoms with Gasteiger partial charge in [0.1, 0.15) is 22.8 Å². The van der Waals surface area contributed by atoms with Crippen molar-refractivity contribution >= 4 is 34.3 Å². The van der Waals surface area contributed by atoms with Gasteiger partial charge in [-0.3, -0.25) is 19.8 Å². The fraction of sp³-hybridized carbons (Fsp3) is 0.115. The molecule has 10 nitrogen and oxygen atoms in total. The average molecular weight is 504 g/mol. The highest BCUT2D eigenvalue weighted by Gasteiger charge is 2.23. The number of benzene rings is 3. The van der Waals surface area contributed by atoms with E-state index in [4.69, 9.17) is 14.2 Å². The van der Waals surface area contributed by atoms with Gasteiger partial charge in [0, 0.05) is 17.6 Å². The molecule has 0 saturated heterocycles. The van der Waals surface area contributed by atoms with Gasteiger partial charge in [-0.15, -0.1) is 0 Å². The molecular weight excluding hydrogens is 483 g/mol. The highest BCUT2D eigenvalue weighted by Crippen LogP contribution is 2.32. The van der Waals surface area contributed by atoms with Gasteiger partial charge in [-0.2, -0.15) is 0 Å². The van der Waals surface area contributed by atoms with E-state index in [1.165, 1.54) is 36.1 Å². The first-order valence-electron chi connectivity index (χ1n) is 11.2. The first-order chi connectivity index (χ1) is 17.9. The van der Waals surface area contributed by atoms with Crippen molar-refractivity contribution in [2.75, 3.05) is 24.6 Å². The maximum Gasteiger partial charge on any atom is 0.328 e. The number of anilines is 1. The standard InChI is InChI=1S/C26H21FN4O6/c1-35-21-4-2-3-16-12-19(24(32)29-18-8-6-17(27)7-9-18)31(23(16)21)30-26(34)25(33)28-13-15-5-10-20-22(11-15)37-14-36-20/h2-12H,13-14H2,1H3,(H,28,33)(H,29,32)(H,30,34). The van der Waals surface area contributed by atoms with Crippen LogP contribution in [0.5, 0.6) is 17.2 Å². The van der Waals surface area contributed by atoms with Crippen LogP contribution in [0.2, 0.25) is 0 Å². The van der Waals surface area contributed by atoms with E-state index in [0.717, 1.165) is 0 Å². The molecule has 5 rings (SSSR count). The zero-order valence-corrected chi connectivity index (χ0v) is 19.5. The SMILES string of the molecule is COc1cccc2cc(C(=O)Nc3ccc(F)cc3)n(NC(=O)C(=O)NCc3ccc4c(c3)OCO4)c12. The molecule has 0 unspecified atom stereocenters. The van der Waals surface area contributed by atoms with Gasteiger partial charge in [0.25, 0.3) is 5.91 Å². The number of methoxy groups -OCH3 is 1. The summed E-state index contributed by atoms with van der Waals surface area (Å²) in [6.45, 7) is 0.190. The topological polar surface area (TPSA) is 120 Å². The lowest BCUT2D eigenvalue weighted by Crippen LogP contribution is -2.39. The minimum absolute atomic E-state index is 0.0285. The lowest BCUT2D eigenvalue weighted by atomic mass is 10.2. The quantitative estimate of drug-likeness (QED) is 0.347. The van der Waals surface area contributed by atoms with Crippen LogP contribution in [0.25, 0.3) is 10.9 Å². The highest BCUT2D eigenvalue weighted by atomic mass is 19.1. The molecule has 1 aliphatic rings. The Hall–Kier alpha value is -5.06. The van der Waals surface area contributed by atoms with Crippen LogP contribution in [0.4, 0.5) is 10.1 Å². The summed E-state index contributed by atoms with van der Waals surface area (Å²) in [5.74, 6) is -1.42. The number of halogens is 1. The summed E-state index contributed by atoms with van der Waals surface area (Å²) in [7, 11) is 1.45. The monoisotopic (exact) mass is 504 g/mol. The van der Waals surface area contributed by atoms with Crippen LogP contribution < -0.4 is 30.3 Å². The Labute approximate surface area is 209 Å². The van der Waals surface area contributed by atoms with Crippen LogP contribution in [-0.4, -0.2) is 36.3 Å². The predicted molar refractivity (Wildman–Crippen MR) is 132 cm³/mol. The number of hydrogen-bond acceptors (Lipinski definition) is 6. The number of para-hydroxylation sites is 1. The minimum Gasteiger partial charge on any atom is -0.494 e. The van der Waals surface area contributed by atoms with E-state index in [2.05, 4.69) is 16.1 Å². The number of hydrogen-bond donors (Lipinski definition) is 3. The molecule has 3 N–H and O–H groups in total. The number of nitrogens with one attached hydrogen (secondary N) is 3. The van der Waals surface area contributed by atoms with Crippen molar-refractivity contribution < 1.29 is 33.0 Å². The first-order valence-corrected chi connectivity index (χ1v) is 11.2. The van der Waals surface area contributed by atoms with Crippen LogP contribution in [0.3, 0.4) is 0 Å². The van der Waals surface area contributed by atoms with E-state index < -0.39 is 23.5 Å². The van der Waals surface area contributed by atoms with E-state index in [-0.39, 0.29) is 19.0 Å². The number of nitrogens with zero attached hydrogens (tertiary/aromatic N) is 1. The largest absolute Gasteiger partial charge is 0.494 e. The molecule has 37 heavy (non-hydrogen) atoms. The second-order valence-electron chi connectivity index (χ2n) is 8.04. The van der Waals surface area contributed by atoms with Gasteiger partial charge in [-0.25, -0.2) is 9.07 Å². The summed E-state index contributed by atoms with van der Waals surface area (Å²) >= 11 is 0. The number of fused-ring (bicyclic) bond motifs is 2. The van der Waals surface area contributed by atoms with Gasteiger partial charge in [0.05, 0.1) is 7.11 Å². The molecule has 3 aromatic carbocycles. The average Bonchev–Trinajstić information content (AvgIpc) is 3.53. The number of aromatic nitrogens is 1. The lowest BCUT2D eigenvalue weighted by molar-refractivity contribution is -0.136. The molecule has 3 amide bonds. The molecule has 188 valence electrons. The lowest BCUT2D eigenvalue weighted by Gasteiger charge is -2.14. The van der Waals surface area contributed by atoms with Crippen LogP contribution in [0.1, 0.15) is 16.1 Å². The van der Waals surface area contributed by atoms with Gasteiger partial charge in [0.2, 0.25) is 6.79 Å². The smallest absolute Gasteiger partial charge is 0.328 e. The van der Waals surface area contributed by atoms with Crippen molar-refractivity contribution in [2.45, 2.75) is 6.54 Å². The molecule has 1 aliphatic heterocycles. The molecule has 4 aromatic rings. The fourth-order valence-electron chi connectivity index (χ4n) is 3.87. The molecule has 0 radical (unpaired) electrons. The summed E-state index contributed by atoms with van der Waals surface area (Å²) in [5, 5.41) is 5.79. The molecule has 0 bridgehead atoms. The summed E-state index contributed by atoms with van der Waals surface area (Å²) in [6, 6.07) is 17.1. The van der Waals surface area contributed by atoms with Crippen molar-refractivity contribution in [1.82, 2.24) is 9.99 Å². The van der Waals surface area contributed by atoms with E-state index >= 15 is 0 Å². The second-order valence-corrected chi connectivity index (χ2v) is 8.04. The van der Waals surface area contributed by atoms with Crippen LogP contribution in [0.15, 0.2) is 66.7 Å². The van der Waals surface area contributed by atoms with Gasteiger partial charge in [0.15, 0.2) is 11.5 Å². The fourth-order valence-corrected chi connectivity index (χ4v) is 3.87. The molecule has 0 saturated carbocycles. The summed E-state index contributed by atoms with van der Waals surface area (Å²) in [6.07, 6.45) is 0. The Bertz CT molecular complexity index is 1520. The molecule has 11 heteroatoms. The van der Waals surface area contributed by atoms with Crippen LogP contribution in [0, 0.1) is 5.82 Å². The molecule has 2 heterocycles. The third-order valence-electron chi connectivity index (χ3n) is 5.65. The third-order valence-corrected chi connectivity index (χ3v) is 5.65. The molecule has 0 atom stereocenters. The van der Waals surface area contributed by atoms with Gasteiger partial charge < -0.3 is 24.8 Å². The zero-order chi connectivity index (χ0) is 25.9. The Morgan fingerprint density at radius 1 is 0.973 bits per heavy atom.